The molecule has 0 bridgehead atoms. The maximum absolute atomic E-state index is 12.1. The number of rotatable bonds is 2. The molecular formula is C14H17Cl2NO. The Balaban J connectivity index is 2.04. The minimum atomic E-state index is -0.116. The summed E-state index contributed by atoms with van der Waals surface area (Å²) >= 11 is 11.9. The Kier molecular flexibility index (Phi) is 4.90. The summed E-state index contributed by atoms with van der Waals surface area (Å²) in [6.07, 6.45) is 7.03. The molecule has 0 unspecified atom stereocenters. The minimum absolute atomic E-state index is 0.116. The van der Waals surface area contributed by atoms with Crippen LogP contribution in [0.5, 0.6) is 0 Å². The predicted molar refractivity (Wildman–Crippen MR) is 75.4 cm³/mol. The molecule has 1 aliphatic carbocycles. The van der Waals surface area contributed by atoms with E-state index in [4.69, 9.17) is 23.2 Å². The number of carbonyl (C=O) groups is 1. The van der Waals surface area contributed by atoms with Gasteiger partial charge in [0.25, 0.3) is 5.91 Å². The lowest BCUT2D eigenvalue weighted by Crippen LogP contribution is -2.34. The van der Waals surface area contributed by atoms with Gasteiger partial charge >= 0.3 is 0 Å². The molecule has 1 N–H and O–H groups in total. The SMILES string of the molecule is O=C(NC1CCCCCC1)c1cc(Cl)ccc1Cl. The van der Waals surface area contributed by atoms with Crippen molar-refractivity contribution in [2.75, 3.05) is 0 Å². The summed E-state index contributed by atoms with van der Waals surface area (Å²) in [4.78, 5) is 12.1. The average molecular weight is 286 g/mol. The summed E-state index contributed by atoms with van der Waals surface area (Å²) in [5.74, 6) is -0.116. The van der Waals surface area contributed by atoms with Crippen LogP contribution in [0.4, 0.5) is 0 Å². The lowest BCUT2D eigenvalue weighted by Gasteiger charge is -2.16. The first-order valence-electron chi connectivity index (χ1n) is 6.43. The zero-order valence-corrected chi connectivity index (χ0v) is 11.7. The highest BCUT2D eigenvalue weighted by Crippen LogP contribution is 2.22. The van der Waals surface area contributed by atoms with Crippen LogP contribution in [0.25, 0.3) is 0 Å². The van der Waals surface area contributed by atoms with E-state index in [-0.39, 0.29) is 11.9 Å². The van der Waals surface area contributed by atoms with Crippen molar-refractivity contribution in [2.24, 2.45) is 0 Å². The highest BCUT2D eigenvalue weighted by atomic mass is 35.5. The molecule has 4 heteroatoms. The van der Waals surface area contributed by atoms with Crippen molar-refractivity contribution in [3.63, 3.8) is 0 Å². The lowest BCUT2D eigenvalue weighted by molar-refractivity contribution is 0.0933. The van der Waals surface area contributed by atoms with Gasteiger partial charge in [0.2, 0.25) is 0 Å². The van der Waals surface area contributed by atoms with Crippen molar-refractivity contribution in [2.45, 2.75) is 44.6 Å². The molecule has 0 aliphatic heterocycles. The van der Waals surface area contributed by atoms with Gasteiger partial charge in [0.15, 0.2) is 0 Å². The molecule has 1 aliphatic rings. The average Bonchev–Trinajstić information content (AvgIpc) is 2.61. The van der Waals surface area contributed by atoms with Gasteiger partial charge in [-0.1, -0.05) is 48.9 Å². The van der Waals surface area contributed by atoms with E-state index in [2.05, 4.69) is 5.32 Å². The van der Waals surface area contributed by atoms with E-state index in [0.29, 0.717) is 15.6 Å². The molecule has 0 heterocycles. The van der Waals surface area contributed by atoms with Gasteiger partial charge in [0.1, 0.15) is 0 Å². The Morgan fingerprint density at radius 3 is 2.44 bits per heavy atom. The molecule has 1 aromatic rings. The van der Waals surface area contributed by atoms with Gasteiger partial charge in [-0.2, -0.15) is 0 Å². The third-order valence-electron chi connectivity index (χ3n) is 3.36. The number of hydrogen-bond donors (Lipinski definition) is 1. The van der Waals surface area contributed by atoms with Crippen LogP contribution in [-0.2, 0) is 0 Å². The van der Waals surface area contributed by atoms with Gasteiger partial charge in [0.05, 0.1) is 10.6 Å². The quantitative estimate of drug-likeness (QED) is 0.800. The third-order valence-corrected chi connectivity index (χ3v) is 3.93. The summed E-state index contributed by atoms with van der Waals surface area (Å²) in [6.45, 7) is 0. The van der Waals surface area contributed by atoms with Crippen LogP contribution in [0.2, 0.25) is 10.0 Å². The van der Waals surface area contributed by atoms with Gasteiger partial charge in [-0.15, -0.1) is 0 Å². The van der Waals surface area contributed by atoms with Gasteiger partial charge in [0, 0.05) is 11.1 Å². The van der Waals surface area contributed by atoms with Crippen molar-refractivity contribution in [1.82, 2.24) is 5.32 Å². The first-order valence-corrected chi connectivity index (χ1v) is 7.18. The number of hydrogen-bond acceptors (Lipinski definition) is 1. The van der Waals surface area contributed by atoms with Crippen LogP contribution in [0.3, 0.4) is 0 Å². The van der Waals surface area contributed by atoms with Crippen molar-refractivity contribution in [3.8, 4) is 0 Å². The predicted octanol–water partition coefficient (Wildman–Crippen LogP) is 4.45. The Bertz CT molecular complexity index is 426. The Morgan fingerprint density at radius 2 is 1.78 bits per heavy atom. The van der Waals surface area contributed by atoms with E-state index in [9.17, 15) is 4.79 Å². The summed E-state index contributed by atoms with van der Waals surface area (Å²) in [6, 6.07) is 5.24. The van der Waals surface area contributed by atoms with Crippen LogP contribution in [0.1, 0.15) is 48.9 Å². The molecule has 0 radical (unpaired) electrons. The molecular weight excluding hydrogens is 269 g/mol. The number of halogens is 2. The van der Waals surface area contributed by atoms with Gasteiger partial charge in [-0.3, -0.25) is 4.79 Å². The molecule has 0 saturated heterocycles. The summed E-state index contributed by atoms with van der Waals surface area (Å²) < 4.78 is 0. The minimum Gasteiger partial charge on any atom is -0.349 e. The van der Waals surface area contributed by atoms with E-state index in [1.807, 2.05) is 0 Å². The molecule has 1 aromatic carbocycles. The normalized spacial score (nSPS) is 17.2. The zero-order chi connectivity index (χ0) is 13.0. The van der Waals surface area contributed by atoms with E-state index in [1.54, 1.807) is 18.2 Å². The van der Waals surface area contributed by atoms with E-state index in [0.717, 1.165) is 12.8 Å². The van der Waals surface area contributed by atoms with Gasteiger partial charge in [-0.05, 0) is 31.0 Å². The second-order valence-corrected chi connectivity index (χ2v) is 5.63. The topological polar surface area (TPSA) is 29.1 Å². The summed E-state index contributed by atoms with van der Waals surface area (Å²) in [5, 5.41) is 4.04. The summed E-state index contributed by atoms with van der Waals surface area (Å²) in [7, 11) is 0. The van der Waals surface area contributed by atoms with Crippen molar-refractivity contribution < 1.29 is 4.79 Å². The first kappa shape index (κ1) is 13.7. The smallest absolute Gasteiger partial charge is 0.253 e. The van der Waals surface area contributed by atoms with Crippen LogP contribution >= 0.6 is 23.2 Å². The molecule has 98 valence electrons. The monoisotopic (exact) mass is 285 g/mol. The van der Waals surface area contributed by atoms with Crippen LogP contribution in [-0.4, -0.2) is 11.9 Å². The molecule has 1 amide bonds. The molecule has 2 nitrogen and oxygen atoms in total. The number of benzene rings is 1. The van der Waals surface area contributed by atoms with Gasteiger partial charge < -0.3 is 5.32 Å². The number of amides is 1. The van der Waals surface area contributed by atoms with E-state index >= 15 is 0 Å². The van der Waals surface area contributed by atoms with E-state index in [1.165, 1.54) is 25.7 Å². The maximum Gasteiger partial charge on any atom is 0.253 e. The second-order valence-electron chi connectivity index (χ2n) is 4.79. The number of nitrogens with one attached hydrogen (secondary N) is 1. The lowest BCUT2D eigenvalue weighted by atomic mass is 10.1. The molecule has 0 aromatic heterocycles. The first-order chi connectivity index (χ1) is 8.66. The molecule has 0 spiro atoms. The van der Waals surface area contributed by atoms with Gasteiger partial charge in [-0.25, -0.2) is 0 Å². The fourth-order valence-corrected chi connectivity index (χ4v) is 2.73. The fraction of sp³-hybridized carbons (Fsp3) is 0.500. The second kappa shape index (κ2) is 6.44. The Labute approximate surface area is 118 Å². The largest absolute Gasteiger partial charge is 0.349 e. The van der Waals surface area contributed by atoms with Crippen molar-refractivity contribution >= 4 is 29.1 Å². The van der Waals surface area contributed by atoms with Crippen LogP contribution in [0, 0.1) is 0 Å². The number of carbonyl (C=O) groups excluding carboxylic acids is 1. The molecule has 2 rings (SSSR count). The standard InChI is InChI=1S/C14H17Cl2NO/c15-10-7-8-13(16)12(9-10)14(18)17-11-5-3-1-2-4-6-11/h7-9,11H,1-6H2,(H,17,18). The van der Waals surface area contributed by atoms with Crippen molar-refractivity contribution in [3.05, 3.63) is 33.8 Å². The highest BCUT2D eigenvalue weighted by Gasteiger charge is 2.17. The van der Waals surface area contributed by atoms with Crippen LogP contribution in [0.15, 0.2) is 18.2 Å². The Morgan fingerprint density at radius 1 is 1.11 bits per heavy atom. The fourth-order valence-electron chi connectivity index (χ4n) is 2.36. The molecule has 1 saturated carbocycles. The summed E-state index contributed by atoms with van der Waals surface area (Å²) in [5.41, 5.74) is 0.466. The van der Waals surface area contributed by atoms with Crippen LogP contribution < -0.4 is 5.32 Å². The van der Waals surface area contributed by atoms with E-state index < -0.39 is 0 Å². The van der Waals surface area contributed by atoms with Crippen molar-refractivity contribution in [1.29, 1.82) is 0 Å². The highest BCUT2D eigenvalue weighted by molar-refractivity contribution is 6.35. The third kappa shape index (κ3) is 3.63. The maximum atomic E-state index is 12.1. The molecule has 18 heavy (non-hydrogen) atoms. The molecule has 0 atom stereocenters. The Hall–Kier alpha value is -0.730. The molecule has 1 fully saturated rings. The zero-order valence-electron chi connectivity index (χ0n) is 10.2.